The van der Waals surface area contributed by atoms with Gasteiger partial charge in [0.1, 0.15) is 5.60 Å². The number of allylic oxidation sites excluding steroid dienone is 1. The molecule has 18 heavy (non-hydrogen) atoms. The van der Waals surface area contributed by atoms with Crippen molar-refractivity contribution in [3.8, 4) is 0 Å². The van der Waals surface area contributed by atoms with Gasteiger partial charge in [0, 0.05) is 12.3 Å². The molecule has 0 unspecified atom stereocenters. The van der Waals surface area contributed by atoms with E-state index in [-0.39, 0.29) is 12.5 Å². The van der Waals surface area contributed by atoms with Crippen LogP contribution in [0.5, 0.6) is 0 Å². The maximum atomic E-state index is 11.1. The first kappa shape index (κ1) is 12.4. The maximum Gasteiger partial charge on any atom is 0.200 e. The summed E-state index contributed by atoms with van der Waals surface area (Å²) in [6.45, 7) is 8.43. The summed E-state index contributed by atoms with van der Waals surface area (Å²) in [6, 6.07) is 0. The van der Waals surface area contributed by atoms with Gasteiger partial charge in [-0.05, 0) is 37.2 Å². The highest BCUT2D eigenvalue weighted by Crippen LogP contribution is 2.57. The average Bonchev–Trinajstić information content (AvgIpc) is 2.54. The first-order valence-electron chi connectivity index (χ1n) is 6.83. The molecule has 0 aromatic carbocycles. The fourth-order valence-corrected chi connectivity index (χ4v) is 4.16. The Kier molecular flexibility index (Phi) is 2.54. The number of rotatable bonds is 0. The molecular formula is C15H22O3. The quantitative estimate of drug-likeness (QED) is 0.647. The molecule has 100 valence electrons. The molecule has 3 aliphatic rings. The summed E-state index contributed by atoms with van der Waals surface area (Å²) in [5.41, 5.74) is 0.616. The lowest BCUT2D eigenvalue weighted by atomic mass is 9.57. The number of hydrogen-bond acceptors (Lipinski definition) is 3. The van der Waals surface area contributed by atoms with Crippen LogP contribution in [-0.2, 0) is 4.74 Å². The fourth-order valence-electron chi connectivity index (χ4n) is 4.16. The molecule has 0 spiro atoms. The number of fused-ring (bicyclic) bond motifs is 3. The van der Waals surface area contributed by atoms with E-state index in [4.69, 9.17) is 4.74 Å². The minimum absolute atomic E-state index is 0.0602. The van der Waals surface area contributed by atoms with Crippen LogP contribution in [0.2, 0.25) is 0 Å². The summed E-state index contributed by atoms with van der Waals surface area (Å²) in [4.78, 5) is 0. The Bertz CT molecular complexity index is 427. The van der Waals surface area contributed by atoms with Gasteiger partial charge in [0.05, 0.1) is 6.61 Å². The summed E-state index contributed by atoms with van der Waals surface area (Å²) in [6.07, 6.45) is 4.80. The van der Waals surface area contributed by atoms with Gasteiger partial charge in [-0.3, -0.25) is 0 Å². The Labute approximate surface area is 108 Å². The van der Waals surface area contributed by atoms with Crippen molar-refractivity contribution in [1.29, 1.82) is 0 Å². The number of aliphatic hydroxyl groups is 2. The molecule has 2 N–H and O–H groups in total. The summed E-state index contributed by atoms with van der Waals surface area (Å²) >= 11 is 0. The third-order valence-electron chi connectivity index (χ3n) is 5.23. The molecule has 0 aromatic heterocycles. The molecule has 1 heterocycles. The smallest absolute Gasteiger partial charge is 0.200 e. The van der Waals surface area contributed by atoms with Gasteiger partial charge >= 0.3 is 0 Å². The molecule has 3 rings (SSSR count). The monoisotopic (exact) mass is 250 g/mol. The minimum Gasteiger partial charge on any atom is -0.379 e. The summed E-state index contributed by atoms with van der Waals surface area (Å²) in [5.74, 6) is -0.735. The lowest BCUT2D eigenvalue weighted by molar-refractivity contribution is -0.293. The van der Waals surface area contributed by atoms with E-state index >= 15 is 0 Å². The molecule has 1 aliphatic heterocycles. The predicted octanol–water partition coefficient (Wildman–Crippen LogP) is 2.00. The Morgan fingerprint density at radius 1 is 1.44 bits per heavy atom. The van der Waals surface area contributed by atoms with Crippen molar-refractivity contribution in [2.45, 2.75) is 44.5 Å². The largest absolute Gasteiger partial charge is 0.379 e. The molecule has 1 saturated heterocycles. The Balaban J connectivity index is 2.11. The van der Waals surface area contributed by atoms with E-state index in [0.717, 1.165) is 12.8 Å². The Hall–Kier alpha value is -0.640. The van der Waals surface area contributed by atoms with Crippen molar-refractivity contribution < 1.29 is 14.9 Å². The molecule has 1 saturated carbocycles. The van der Waals surface area contributed by atoms with Gasteiger partial charge in [-0.2, -0.15) is 0 Å². The van der Waals surface area contributed by atoms with E-state index in [2.05, 4.69) is 26.5 Å². The minimum atomic E-state index is -1.45. The van der Waals surface area contributed by atoms with Gasteiger partial charge in [-0.15, -0.1) is 0 Å². The lowest BCUT2D eigenvalue weighted by Gasteiger charge is -2.53. The average molecular weight is 250 g/mol. The van der Waals surface area contributed by atoms with E-state index in [1.807, 2.05) is 0 Å². The molecule has 0 amide bonds. The second kappa shape index (κ2) is 3.69. The van der Waals surface area contributed by atoms with Crippen molar-refractivity contribution in [3.63, 3.8) is 0 Å². The zero-order valence-electron chi connectivity index (χ0n) is 11.1. The van der Waals surface area contributed by atoms with Crippen molar-refractivity contribution in [3.05, 3.63) is 23.8 Å². The van der Waals surface area contributed by atoms with Crippen LogP contribution in [0.1, 0.15) is 33.1 Å². The first-order valence-corrected chi connectivity index (χ1v) is 6.83. The third kappa shape index (κ3) is 1.35. The lowest BCUT2D eigenvalue weighted by Crippen LogP contribution is -2.63. The molecule has 2 fully saturated rings. The van der Waals surface area contributed by atoms with E-state index in [9.17, 15) is 10.2 Å². The molecule has 0 aromatic rings. The first-order chi connectivity index (χ1) is 8.38. The fraction of sp³-hybridized carbons (Fsp3) is 0.733. The highest BCUT2D eigenvalue weighted by atomic mass is 16.6. The summed E-state index contributed by atoms with van der Waals surface area (Å²) in [5, 5.41) is 21.7. The zero-order chi connectivity index (χ0) is 13.1. The van der Waals surface area contributed by atoms with Crippen LogP contribution >= 0.6 is 0 Å². The van der Waals surface area contributed by atoms with Crippen LogP contribution in [0.15, 0.2) is 23.8 Å². The zero-order valence-corrected chi connectivity index (χ0v) is 11.1. The van der Waals surface area contributed by atoms with Gasteiger partial charge in [0.25, 0.3) is 0 Å². The van der Waals surface area contributed by atoms with Gasteiger partial charge in [0.15, 0.2) is 5.79 Å². The SMILES string of the molecule is C=C1CO[C@@]2(O)C[C@@H](C)[C@@H]3CCC(C)=C[C@H]3[C@@]12O. The second-order valence-corrected chi connectivity index (χ2v) is 6.37. The molecular weight excluding hydrogens is 228 g/mol. The number of ether oxygens (including phenoxy) is 1. The van der Waals surface area contributed by atoms with E-state index < -0.39 is 11.4 Å². The van der Waals surface area contributed by atoms with Crippen LogP contribution in [0.25, 0.3) is 0 Å². The van der Waals surface area contributed by atoms with Gasteiger partial charge < -0.3 is 14.9 Å². The molecule has 0 bridgehead atoms. The van der Waals surface area contributed by atoms with Crippen LogP contribution < -0.4 is 0 Å². The standard InChI is InChI=1S/C15H22O3/c1-9-4-5-12-10(2)7-14(16)15(17,13(12)6-9)11(3)8-18-14/h6,10,12-13,16-17H,3-5,7-8H2,1-2H3/t10-,12+,13-,14+,15+/m1/s1. The van der Waals surface area contributed by atoms with Crippen molar-refractivity contribution in [2.24, 2.45) is 17.8 Å². The predicted molar refractivity (Wildman–Crippen MR) is 68.7 cm³/mol. The number of hydrogen-bond donors (Lipinski definition) is 2. The second-order valence-electron chi connectivity index (χ2n) is 6.37. The van der Waals surface area contributed by atoms with Crippen molar-refractivity contribution in [2.75, 3.05) is 6.61 Å². The molecule has 3 heteroatoms. The normalized spacial score (nSPS) is 51.7. The van der Waals surface area contributed by atoms with Crippen LogP contribution in [0.4, 0.5) is 0 Å². The van der Waals surface area contributed by atoms with E-state index in [0.29, 0.717) is 23.8 Å². The van der Waals surface area contributed by atoms with Gasteiger partial charge in [-0.25, -0.2) is 0 Å². The van der Waals surface area contributed by atoms with Gasteiger partial charge in [0.2, 0.25) is 0 Å². The topological polar surface area (TPSA) is 49.7 Å². The highest BCUT2D eigenvalue weighted by Gasteiger charge is 2.66. The van der Waals surface area contributed by atoms with Crippen LogP contribution in [0, 0.1) is 17.8 Å². The van der Waals surface area contributed by atoms with Crippen molar-refractivity contribution in [1.82, 2.24) is 0 Å². The molecule has 3 nitrogen and oxygen atoms in total. The van der Waals surface area contributed by atoms with Crippen molar-refractivity contribution >= 4 is 0 Å². The summed E-state index contributed by atoms with van der Waals surface area (Å²) < 4.78 is 5.49. The van der Waals surface area contributed by atoms with E-state index in [1.165, 1.54) is 5.57 Å². The molecule has 2 aliphatic carbocycles. The van der Waals surface area contributed by atoms with Crippen LogP contribution in [0.3, 0.4) is 0 Å². The Morgan fingerprint density at radius 2 is 2.17 bits per heavy atom. The van der Waals surface area contributed by atoms with Gasteiger partial charge in [-0.1, -0.05) is 25.2 Å². The molecule has 5 atom stereocenters. The van der Waals surface area contributed by atoms with E-state index in [1.54, 1.807) is 0 Å². The summed E-state index contributed by atoms with van der Waals surface area (Å²) in [7, 11) is 0. The Morgan fingerprint density at radius 3 is 2.89 bits per heavy atom. The third-order valence-corrected chi connectivity index (χ3v) is 5.23. The molecule has 0 radical (unpaired) electrons. The maximum absolute atomic E-state index is 11.1. The van der Waals surface area contributed by atoms with Crippen LogP contribution in [-0.4, -0.2) is 28.2 Å². The highest BCUT2D eigenvalue weighted by molar-refractivity contribution is 5.32.